The lowest BCUT2D eigenvalue weighted by Crippen LogP contribution is -2.40. The SMILES string of the molecule is CCN1CCC(CC2CNC(C)(COC)C2)CC1. The monoisotopic (exact) mass is 254 g/mol. The van der Waals surface area contributed by atoms with Crippen LogP contribution in [0.2, 0.25) is 0 Å². The Morgan fingerprint density at radius 1 is 1.28 bits per heavy atom. The van der Waals surface area contributed by atoms with Crippen LogP contribution in [-0.2, 0) is 4.74 Å². The van der Waals surface area contributed by atoms with Gasteiger partial charge in [-0.1, -0.05) is 6.92 Å². The lowest BCUT2D eigenvalue weighted by molar-refractivity contribution is 0.126. The molecule has 0 aromatic carbocycles. The first-order valence-corrected chi connectivity index (χ1v) is 7.61. The second-order valence-corrected chi connectivity index (χ2v) is 6.56. The van der Waals surface area contributed by atoms with Gasteiger partial charge in [0.1, 0.15) is 0 Å². The molecule has 2 heterocycles. The highest BCUT2D eigenvalue weighted by Crippen LogP contribution is 2.32. The van der Waals surface area contributed by atoms with Gasteiger partial charge in [0, 0.05) is 12.6 Å². The molecule has 0 spiro atoms. The van der Waals surface area contributed by atoms with Gasteiger partial charge in [0.05, 0.1) is 6.61 Å². The van der Waals surface area contributed by atoms with Crippen LogP contribution >= 0.6 is 0 Å². The van der Waals surface area contributed by atoms with Crippen LogP contribution in [0.15, 0.2) is 0 Å². The zero-order chi connectivity index (χ0) is 13.0. The predicted molar refractivity (Wildman–Crippen MR) is 75.8 cm³/mol. The van der Waals surface area contributed by atoms with Gasteiger partial charge in [-0.3, -0.25) is 0 Å². The largest absolute Gasteiger partial charge is 0.383 e. The van der Waals surface area contributed by atoms with Crippen LogP contribution in [0.5, 0.6) is 0 Å². The van der Waals surface area contributed by atoms with Gasteiger partial charge < -0.3 is 15.0 Å². The van der Waals surface area contributed by atoms with Crippen molar-refractivity contribution in [2.45, 2.75) is 45.1 Å². The van der Waals surface area contributed by atoms with E-state index in [1.165, 1.54) is 51.9 Å². The number of ether oxygens (including phenoxy) is 1. The Hall–Kier alpha value is -0.120. The van der Waals surface area contributed by atoms with Crippen molar-refractivity contribution in [3.05, 3.63) is 0 Å². The lowest BCUT2D eigenvalue weighted by Gasteiger charge is -2.32. The fourth-order valence-electron chi connectivity index (χ4n) is 3.78. The van der Waals surface area contributed by atoms with E-state index in [1.807, 2.05) is 0 Å². The number of nitrogens with one attached hydrogen (secondary N) is 1. The van der Waals surface area contributed by atoms with Gasteiger partial charge in [-0.25, -0.2) is 0 Å². The molecule has 2 saturated heterocycles. The third-order valence-electron chi connectivity index (χ3n) is 4.84. The van der Waals surface area contributed by atoms with Crippen LogP contribution in [0.25, 0.3) is 0 Å². The average molecular weight is 254 g/mol. The summed E-state index contributed by atoms with van der Waals surface area (Å²) in [5, 5.41) is 3.66. The molecule has 0 radical (unpaired) electrons. The summed E-state index contributed by atoms with van der Waals surface area (Å²) in [6.45, 7) is 10.5. The third kappa shape index (κ3) is 3.69. The van der Waals surface area contributed by atoms with E-state index in [2.05, 4.69) is 24.1 Å². The van der Waals surface area contributed by atoms with E-state index in [9.17, 15) is 0 Å². The first kappa shape index (κ1) is 14.3. The highest BCUT2D eigenvalue weighted by molar-refractivity contribution is 4.94. The molecule has 2 aliphatic rings. The van der Waals surface area contributed by atoms with Gasteiger partial charge in [-0.15, -0.1) is 0 Å². The number of likely N-dealkylation sites (tertiary alicyclic amines) is 1. The zero-order valence-corrected chi connectivity index (χ0v) is 12.4. The summed E-state index contributed by atoms with van der Waals surface area (Å²) in [7, 11) is 1.81. The summed E-state index contributed by atoms with van der Waals surface area (Å²) < 4.78 is 5.33. The van der Waals surface area contributed by atoms with Crippen LogP contribution in [0.4, 0.5) is 0 Å². The molecule has 3 nitrogen and oxygen atoms in total. The van der Waals surface area contributed by atoms with E-state index in [4.69, 9.17) is 4.74 Å². The smallest absolute Gasteiger partial charge is 0.0641 e. The maximum atomic E-state index is 5.33. The number of nitrogens with zero attached hydrogens (tertiary/aromatic N) is 1. The molecule has 3 heteroatoms. The third-order valence-corrected chi connectivity index (χ3v) is 4.84. The maximum Gasteiger partial charge on any atom is 0.0641 e. The van der Waals surface area contributed by atoms with Crippen molar-refractivity contribution < 1.29 is 4.74 Å². The Kier molecular flexibility index (Phi) is 5.05. The molecular weight excluding hydrogens is 224 g/mol. The first-order valence-electron chi connectivity index (χ1n) is 7.61. The highest BCUT2D eigenvalue weighted by atomic mass is 16.5. The van der Waals surface area contributed by atoms with E-state index in [0.29, 0.717) is 0 Å². The number of rotatable bonds is 5. The van der Waals surface area contributed by atoms with Gasteiger partial charge in [-0.05, 0) is 70.6 Å². The maximum absolute atomic E-state index is 5.33. The van der Waals surface area contributed by atoms with Gasteiger partial charge in [0.25, 0.3) is 0 Å². The molecule has 0 bridgehead atoms. The Bertz CT molecular complexity index is 251. The number of methoxy groups -OCH3 is 1. The fraction of sp³-hybridized carbons (Fsp3) is 1.00. The molecule has 2 atom stereocenters. The predicted octanol–water partition coefficient (Wildman–Crippen LogP) is 2.12. The van der Waals surface area contributed by atoms with E-state index in [-0.39, 0.29) is 5.54 Å². The van der Waals surface area contributed by atoms with Crippen molar-refractivity contribution in [2.75, 3.05) is 39.9 Å². The van der Waals surface area contributed by atoms with Gasteiger partial charge in [0.2, 0.25) is 0 Å². The molecule has 106 valence electrons. The van der Waals surface area contributed by atoms with Crippen molar-refractivity contribution in [1.29, 1.82) is 0 Å². The Labute approximate surface area is 112 Å². The molecule has 0 aromatic rings. The molecular formula is C15H30N2O. The molecule has 2 fully saturated rings. The van der Waals surface area contributed by atoms with E-state index in [1.54, 1.807) is 7.11 Å². The molecule has 0 saturated carbocycles. The van der Waals surface area contributed by atoms with Crippen LogP contribution in [0.1, 0.15) is 39.5 Å². The van der Waals surface area contributed by atoms with E-state index in [0.717, 1.165) is 18.4 Å². The molecule has 2 rings (SSSR count). The highest BCUT2D eigenvalue weighted by Gasteiger charge is 2.35. The summed E-state index contributed by atoms with van der Waals surface area (Å²) in [6.07, 6.45) is 5.52. The molecule has 0 amide bonds. The fourth-order valence-corrected chi connectivity index (χ4v) is 3.78. The van der Waals surface area contributed by atoms with Gasteiger partial charge >= 0.3 is 0 Å². The lowest BCUT2D eigenvalue weighted by atomic mass is 9.84. The molecule has 2 unspecified atom stereocenters. The summed E-state index contributed by atoms with van der Waals surface area (Å²) in [4.78, 5) is 2.58. The van der Waals surface area contributed by atoms with Crippen LogP contribution in [-0.4, -0.2) is 50.3 Å². The summed E-state index contributed by atoms with van der Waals surface area (Å²) in [5.41, 5.74) is 0.226. The molecule has 0 aromatic heterocycles. The average Bonchev–Trinajstić information content (AvgIpc) is 2.72. The quantitative estimate of drug-likeness (QED) is 0.813. The van der Waals surface area contributed by atoms with Crippen molar-refractivity contribution in [1.82, 2.24) is 10.2 Å². The Balaban J connectivity index is 1.72. The number of piperidine rings is 1. The van der Waals surface area contributed by atoms with Crippen LogP contribution in [0, 0.1) is 11.8 Å². The van der Waals surface area contributed by atoms with Crippen molar-refractivity contribution in [3.63, 3.8) is 0 Å². The minimum Gasteiger partial charge on any atom is -0.383 e. The molecule has 0 aliphatic carbocycles. The van der Waals surface area contributed by atoms with Crippen LogP contribution < -0.4 is 5.32 Å². The van der Waals surface area contributed by atoms with E-state index < -0.39 is 0 Å². The minimum atomic E-state index is 0.226. The summed E-state index contributed by atoms with van der Waals surface area (Å²) >= 11 is 0. The molecule has 18 heavy (non-hydrogen) atoms. The van der Waals surface area contributed by atoms with Crippen molar-refractivity contribution in [3.8, 4) is 0 Å². The minimum absolute atomic E-state index is 0.226. The Morgan fingerprint density at radius 2 is 2.00 bits per heavy atom. The van der Waals surface area contributed by atoms with E-state index >= 15 is 0 Å². The number of hydrogen-bond acceptors (Lipinski definition) is 3. The van der Waals surface area contributed by atoms with Crippen LogP contribution in [0.3, 0.4) is 0 Å². The normalized spacial score (nSPS) is 35.2. The Morgan fingerprint density at radius 3 is 2.61 bits per heavy atom. The summed E-state index contributed by atoms with van der Waals surface area (Å²) in [5.74, 6) is 1.83. The topological polar surface area (TPSA) is 24.5 Å². The number of hydrogen-bond donors (Lipinski definition) is 1. The van der Waals surface area contributed by atoms with Crippen molar-refractivity contribution in [2.24, 2.45) is 11.8 Å². The molecule has 1 N–H and O–H groups in total. The standard InChI is InChI=1S/C15H30N2O/c1-4-17-7-5-13(6-8-17)9-14-10-15(2,12-18-3)16-11-14/h13-14,16H,4-12H2,1-3H3. The summed E-state index contributed by atoms with van der Waals surface area (Å²) in [6, 6.07) is 0. The van der Waals surface area contributed by atoms with Gasteiger partial charge in [-0.2, -0.15) is 0 Å². The zero-order valence-electron chi connectivity index (χ0n) is 12.4. The van der Waals surface area contributed by atoms with Gasteiger partial charge in [0.15, 0.2) is 0 Å². The second-order valence-electron chi connectivity index (χ2n) is 6.56. The van der Waals surface area contributed by atoms with Crippen molar-refractivity contribution >= 4 is 0 Å². The second kappa shape index (κ2) is 6.36. The molecule has 2 aliphatic heterocycles. The first-order chi connectivity index (χ1) is 8.65.